The lowest BCUT2D eigenvalue weighted by Gasteiger charge is -2.18. The van der Waals surface area contributed by atoms with E-state index in [0.29, 0.717) is 0 Å². The van der Waals surface area contributed by atoms with E-state index >= 15 is 0 Å². The van der Waals surface area contributed by atoms with Crippen molar-refractivity contribution in [3.8, 4) is 0 Å². The molecular weight excluding hydrogens is 355 g/mol. The summed E-state index contributed by atoms with van der Waals surface area (Å²) in [6.07, 6.45) is -2.92. The van der Waals surface area contributed by atoms with Gasteiger partial charge in [-0.2, -0.15) is 18.3 Å². The second-order valence-electron chi connectivity index (χ2n) is 7.10. The minimum Gasteiger partial charge on any atom is -0.376 e. The minimum atomic E-state index is -4.42. The van der Waals surface area contributed by atoms with E-state index in [-0.39, 0.29) is 17.6 Å². The van der Waals surface area contributed by atoms with E-state index in [1.807, 2.05) is 24.3 Å². The van der Waals surface area contributed by atoms with Gasteiger partial charge in [-0.05, 0) is 34.7 Å². The fraction of sp³-hybridized carbons (Fsp3) is 0.300. The second kappa shape index (κ2) is 8.24. The Labute approximate surface area is 156 Å². The molecule has 0 fully saturated rings. The third-order valence-electron chi connectivity index (χ3n) is 3.82. The van der Waals surface area contributed by atoms with Gasteiger partial charge in [0.1, 0.15) is 0 Å². The maximum atomic E-state index is 12.7. The number of nitrogens with one attached hydrogen (secondary N) is 2. The van der Waals surface area contributed by atoms with E-state index in [9.17, 15) is 18.0 Å². The molecule has 0 unspecified atom stereocenters. The van der Waals surface area contributed by atoms with E-state index < -0.39 is 17.6 Å². The Kier molecular flexibility index (Phi) is 6.25. The average Bonchev–Trinajstić information content (AvgIpc) is 2.59. The van der Waals surface area contributed by atoms with Crippen LogP contribution in [-0.2, 0) is 16.4 Å². The number of amides is 1. The highest BCUT2D eigenvalue weighted by Gasteiger charge is 2.30. The van der Waals surface area contributed by atoms with E-state index in [1.54, 1.807) is 0 Å². The summed E-state index contributed by atoms with van der Waals surface area (Å²) in [5, 5.41) is 6.50. The number of rotatable bonds is 5. The molecule has 0 aromatic heterocycles. The lowest BCUT2D eigenvalue weighted by atomic mass is 9.87. The topological polar surface area (TPSA) is 53.5 Å². The lowest BCUT2D eigenvalue weighted by Crippen LogP contribution is -2.26. The number of anilines is 1. The zero-order valence-corrected chi connectivity index (χ0v) is 15.4. The standard InChI is InChI=1S/C20H22F3N3O/c1-19(2,3)15-9-7-14(8-10-15)12-25-26-18(27)13-24-17-6-4-5-16(11-17)20(21,22)23/h4-12,24H,13H2,1-3H3,(H,26,27). The molecule has 2 N–H and O–H groups in total. The Bertz CT molecular complexity index is 806. The summed E-state index contributed by atoms with van der Waals surface area (Å²) < 4.78 is 38.0. The van der Waals surface area contributed by atoms with Gasteiger partial charge in [0.25, 0.3) is 5.91 Å². The van der Waals surface area contributed by atoms with Crippen molar-refractivity contribution in [1.82, 2.24) is 5.43 Å². The van der Waals surface area contributed by atoms with Gasteiger partial charge in [0.05, 0.1) is 18.3 Å². The molecule has 0 aliphatic carbocycles. The van der Waals surface area contributed by atoms with E-state index in [4.69, 9.17) is 0 Å². The average molecular weight is 377 g/mol. The van der Waals surface area contributed by atoms with Gasteiger partial charge in [-0.15, -0.1) is 0 Å². The summed E-state index contributed by atoms with van der Waals surface area (Å²) >= 11 is 0. The van der Waals surface area contributed by atoms with Crippen LogP contribution in [0.2, 0.25) is 0 Å². The van der Waals surface area contributed by atoms with Crippen LogP contribution in [0.1, 0.15) is 37.5 Å². The molecule has 2 aromatic rings. The maximum Gasteiger partial charge on any atom is 0.416 e. The number of hydrogen-bond donors (Lipinski definition) is 2. The molecule has 4 nitrogen and oxygen atoms in total. The summed E-state index contributed by atoms with van der Waals surface area (Å²) in [5.41, 5.74) is 3.84. The summed E-state index contributed by atoms with van der Waals surface area (Å²) in [4.78, 5) is 11.8. The molecule has 0 spiro atoms. The molecule has 0 atom stereocenters. The van der Waals surface area contributed by atoms with Gasteiger partial charge in [-0.3, -0.25) is 4.79 Å². The zero-order valence-electron chi connectivity index (χ0n) is 15.4. The van der Waals surface area contributed by atoms with Crippen LogP contribution in [0.5, 0.6) is 0 Å². The van der Waals surface area contributed by atoms with Crippen LogP contribution < -0.4 is 10.7 Å². The van der Waals surface area contributed by atoms with Gasteiger partial charge in [0.15, 0.2) is 0 Å². The van der Waals surface area contributed by atoms with Crippen molar-refractivity contribution < 1.29 is 18.0 Å². The minimum absolute atomic E-state index is 0.0545. The van der Waals surface area contributed by atoms with Gasteiger partial charge < -0.3 is 5.32 Å². The molecule has 0 aliphatic rings. The number of nitrogens with zero attached hydrogens (tertiary/aromatic N) is 1. The van der Waals surface area contributed by atoms with Gasteiger partial charge in [0, 0.05) is 5.69 Å². The van der Waals surface area contributed by atoms with Crippen LogP contribution in [0.15, 0.2) is 53.6 Å². The molecular formula is C20H22F3N3O. The van der Waals surface area contributed by atoms with Crippen LogP contribution in [0.4, 0.5) is 18.9 Å². The highest BCUT2D eigenvalue weighted by atomic mass is 19.4. The normalized spacial score (nSPS) is 12.2. The van der Waals surface area contributed by atoms with Crippen molar-refractivity contribution in [2.75, 3.05) is 11.9 Å². The summed E-state index contributed by atoms with van der Waals surface area (Å²) in [6.45, 7) is 6.16. The van der Waals surface area contributed by atoms with Crippen molar-refractivity contribution in [3.63, 3.8) is 0 Å². The number of halogens is 3. The highest BCUT2D eigenvalue weighted by molar-refractivity contribution is 5.84. The summed E-state index contributed by atoms with van der Waals surface area (Å²) in [5.74, 6) is -0.463. The van der Waals surface area contributed by atoms with Crippen molar-refractivity contribution in [3.05, 3.63) is 65.2 Å². The van der Waals surface area contributed by atoms with E-state index in [2.05, 4.69) is 36.6 Å². The molecule has 0 radical (unpaired) electrons. The Morgan fingerprint density at radius 2 is 1.70 bits per heavy atom. The number of alkyl halides is 3. The predicted molar refractivity (Wildman–Crippen MR) is 101 cm³/mol. The second-order valence-corrected chi connectivity index (χ2v) is 7.10. The Balaban J connectivity index is 1.85. The highest BCUT2D eigenvalue weighted by Crippen LogP contribution is 2.30. The van der Waals surface area contributed by atoms with E-state index in [0.717, 1.165) is 17.7 Å². The molecule has 144 valence electrons. The summed E-state index contributed by atoms with van der Waals surface area (Å²) in [7, 11) is 0. The monoisotopic (exact) mass is 377 g/mol. The molecule has 1 amide bonds. The van der Waals surface area contributed by atoms with Gasteiger partial charge in [-0.25, -0.2) is 5.43 Å². The predicted octanol–water partition coefficient (Wildman–Crippen LogP) is 4.57. The SMILES string of the molecule is CC(C)(C)c1ccc(C=NNC(=O)CNc2cccc(C(F)(F)F)c2)cc1. The third-order valence-corrected chi connectivity index (χ3v) is 3.82. The number of benzene rings is 2. The van der Waals surface area contributed by atoms with Gasteiger partial charge in [0.2, 0.25) is 0 Å². The molecule has 0 saturated carbocycles. The summed E-state index contributed by atoms with van der Waals surface area (Å²) in [6, 6.07) is 12.5. The third kappa shape index (κ3) is 6.44. The van der Waals surface area contributed by atoms with Crippen LogP contribution in [0.3, 0.4) is 0 Å². The van der Waals surface area contributed by atoms with Crippen LogP contribution in [0.25, 0.3) is 0 Å². The smallest absolute Gasteiger partial charge is 0.376 e. The number of hydrazone groups is 1. The number of carbonyl (C=O) groups excluding carboxylic acids is 1. The molecule has 7 heteroatoms. The van der Waals surface area contributed by atoms with Crippen LogP contribution in [0, 0.1) is 0 Å². The molecule has 0 bridgehead atoms. The fourth-order valence-electron chi connectivity index (χ4n) is 2.28. The Hall–Kier alpha value is -2.83. The van der Waals surface area contributed by atoms with Gasteiger partial charge >= 0.3 is 6.18 Å². The number of hydrogen-bond acceptors (Lipinski definition) is 3. The molecule has 0 saturated heterocycles. The van der Waals surface area contributed by atoms with Crippen LogP contribution >= 0.6 is 0 Å². The van der Waals surface area contributed by atoms with Gasteiger partial charge in [-0.1, -0.05) is 51.1 Å². The first-order chi connectivity index (χ1) is 12.6. The molecule has 0 heterocycles. The molecule has 27 heavy (non-hydrogen) atoms. The lowest BCUT2D eigenvalue weighted by molar-refractivity contribution is -0.137. The van der Waals surface area contributed by atoms with Crippen molar-refractivity contribution >= 4 is 17.8 Å². The molecule has 2 rings (SSSR count). The Morgan fingerprint density at radius 3 is 2.30 bits per heavy atom. The number of carbonyl (C=O) groups is 1. The first-order valence-electron chi connectivity index (χ1n) is 8.39. The van der Waals surface area contributed by atoms with E-state index in [1.165, 1.54) is 23.9 Å². The van der Waals surface area contributed by atoms with Crippen molar-refractivity contribution in [2.45, 2.75) is 32.4 Å². The van der Waals surface area contributed by atoms with Crippen molar-refractivity contribution in [1.29, 1.82) is 0 Å². The largest absolute Gasteiger partial charge is 0.416 e. The molecule has 2 aromatic carbocycles. The quantitative estimate of drug-likeness (QED) is 0.593. The maximum absolute atomic E-state index is 12.7. The molecule has 0 aliphatic heterocycles. The zero-order chi connectivity index (χ0) is 20.1. The first kappa shape index (κ1) is 20.5. The van der Waals surface area contributed by atoms with Crippen LogP contribution in [-0.4, -0.2) is 18.7 Å². The van der Waals surface area contributed by atoms with Crippen molar-refractivity contribution in [2.24, 2.45) is 5.10 Å². The fourth-order valence-corrected chi connectivity index (χ4v) is 2.28. The first-order valence-corrected chi connectivity index (χ1v) is 8.39. The Morgan fingerprint density at radius 1 is 1.04 bits per heavy atom.